The van der Waals surface area contributed by atoms with Gasteiger partial charge >= 0.3 is 0 Å². The maximum atomic E-state index is 11.6. The van der Waals surface area contributed by atoms with Crippen molar-refractivity contribution >= 4 is 6.29 Å². The summed E-state index contributed by atoms with van der Waals surface area (Å²) in [4.78, 5) is 14.0. The van der Waals surface area contributed by atoms with Crippen molar-refractivity contribution in [1.82, 2.24) is 4.90 Å². The molecule has 0 aromatic carbocycles. The molecule has 3 heteroatoms. The third-order valence-corrected chi connectivity index (χ3v) is 5.08. The zero-order valence-corrected chi connectivity index (χ0v) is 11.8. The van der Waals surface area contributed by atoms with Crippen molar-refractivity contribution in [3.63, 3.8) is 0 Å². The Bertz CT molecular complexity index is 294. The average molecular weight is 253 g/mol. The highest BCUT2D eigenvalue weighted by Gasteiger charge is 2.40. The van der Waals surface area contributed by atoms with E-state index < -0.39 is 0 Å². The van der Waals surface area contributed by atoms with Gasteiger partial charge in [-0.15, -0.1) is 0 Å². The van der Waals surface area contributed by atoms with Crippen molar-refractivity contribution in [3.05, 3.63) is 0 Å². The van der Waals surface area contributed by atoms with Gasteiger partial charge in [-0.2, -0.15) is 0 Å². The minimum absolute atomic E-state index is 0.144. The number of aldehydes is 1. The number of likely N-dealkylation sites (tertiary alicyclic amines) is 1. The van der Waals surface area contributed by atoms with E-state index in [9.17, 15) is 9.90 Å². The van der Waals surface area contributed by atoms with Gasteiger partial charge in [0.15, 0.2) is 0 Å². The maximum Gasteiger partial charge on any atom is 0.127 e. The first kappa shape index (κ1) is 14.0. The van der Waals surface area contributed by atoms with Crippen LogP contribution in [0.5, 0.6) is 0 Å². The highest BCUT2D eigenvalue weighted by atomic mass is 16.3. The second kappa shape index (κ2) is 5.70. The van der Waals surface area contributed by atoms with Crippen LogP contribution in [0.15, 0.2) is 0 Å². The Labute approximate surface area is 111 Å². The van der Waals surface area contributed by atoms with Gasteiger partial charge in [0.2, 0.25) is 0 Å². The number of hydrogen-bond acceptors (Lipinski definition) is 3. The third kappa shape index (κ3) is 2.77. The van der Waals surface area contributed by atoms with Crippen LogP contribution in [0.3, 0.4) is 0 Å². The molecule has 3 nitrogen and oxygen atoms in total. The van der Waals surface area contributed by atoms with E-state index in [4.69, 9.17) is 0 Å². The summed E-state index contributed by atoms with van der Waals surface area (Å²) in [6.07, 6.45) is 6.85. The van der Waals surface area contributed by atoms with E-state index in [2.05, 4.69) is 18.7 Å². The summed E-state index contributed by atoms with van der Waals surface area (Å²) in [5.41, 5.74) is -0.144. The summed E-state index contributed by atoms with van der Waals surface area (Å²) in [6.45, 7) is 6.59. The lowest BCUT2D eigenvalue weighted by Gasteiger charge is -2.40. The Kier molecular flexibility index (Phi) is 4.44. The van der Waals surface area contributed by atoms with Gasteiger partial charge in [0, 0.05) is 18.0 Å². The van der Waals surface area contributed by atoms with Crippen molar-refractivity contribution in [1.29, 1.82) is 0 Å². The molecule has 1 N–H and O–H groups in total. The maximum absolute atomic E-state index is 11.6. The van der Waals surface area contributed by atoms with Gasteiger partial charge in [0.05, 0.1) is 6.61 Å². The minimum atomic E-state index is -0.144. The zero-order chi connectivity index (χ0) is 13.2. The number of carbonyl (C=O) groups is 1. The third-order valence-electron chi connectivity index (χ3n) is 5.08. The second-order valence-electron chi connectivity index (χ2n) is 6.67. The van der Waals surface area contributed by atoms with Crippen LogP contribution in [-0.4, -0.2) is 42.0 Å². The predicted octanol–water partition coefficient (Wildman–Crippen LogP) is 2.08. The van der Waals surface area contributed by atoms with E-state index in [1.165, 1.54) is 19.1 Å². The Balaban J connectivity index is 2.03. The summed E-state index contributed by atoms with van der Waals surface area (Å²) in [7, 11) is 0. The molecule has 0 aromatic rings. The lowest BCUT2D eigenvalue weighted by atomic mass is 9.70. The van der Waals surface area contributed by atoms with Gasteiger partial charge in [-0.3, -0.25) is 4.90 Å². The lowest BCUT2D eigenvalue weighted by Crippen LogP contribution is -2.45. The molecule has 1 saturated heterocycles. The van der Waals surface area contributed by atoms with Crippen molar-refractivity contribution in [2.45, 2.75) is 52.0 Å². The minimum Gasteiger partial charge on any atom is -0.395 e. The van der Waals surface area contributed by atoms with E-state index in [0.29, 0.717) is 11.8 Å². The Morgan fingerprint density at radius 1 is 1.39 bits per heavy atom. The fourth-order valence-corrected chi connectivity index (χ4v) is 3.97. The first-order chi connectivity index (χ1) is 8.60. The molecule has 1 saturated carbocycles. The van der Waals surface area contributed by atoms with Crippen LogP contribution < -0.4 is 0 Å². The van der Waals surface area contributed by atoms with Crippen LogP contribution in [-0.2, 0) is 4.79 Å². The summed E-state index contributed by atoms with van der Waals surface area (Å²) in [6, 6.07) is 0.263. The molecule has 0 amide bonds. The first-order valence-corrected chi connectivity index (χ1v) is 7.41. The summed E-state index contributed by atoms with van der Waals surface area (Å²) < 4.78 is 0. The van der Waals surface area contributed by atoms with E-state index >= 15 is 0 Å². The normalized spacial score (nSPS) is 42.1. The molecule has 1 aliphatic heterocycles. The number of carbonyl (C=O) groups excluding carboxylic acids is 1. The van der Waals surface area contributed by atoms with Gasteiger partial charge < -0.3 is 9.90 Å². The quantitative estimate of drug-likeness (QED) is 0.780. The van der Waals surface area contributed by atoms with Gasteiger partial charge in [-0.05, 0) is 37.6 Å². The Hall–Kier alpha value is -0.410. The zero-order valence-electron chi connectivity index (χ0n) is 11.8. The largest absolute Gasteiger partial charge is 0.395 e. The molecular weight excluding hydrogens is 226 g/mol. The van der Waals surface area contributed by atoms with Crippen LogP contribution in [0.2, 0.25) is 0 Å². The molecule has 0 radical (unpaired) electrons. The van der Waals surface area contributed by atoms with Crippen LogP contribution in [0.4, 0.5) is 0 Å². The molecule has 4 unspecified atom stereocenters. The predicted molar refractivity (Wildman–Crippen MR) is 72.4 cm³/mol. The molecule has 2 fully saturated rings. The molecule has 4 atom stereocenters. The molecule has 2 aliphatic rings. The van der Waals surface area contributed by atoms with Gasteiger partial charge in [-0.1, -0.05) is 26.7 Å². The van der Waals surface area contributed by atoms with Gasteiger partial charge in [0.25, 0.3) is 0 Å². The van der Waals surface area contributed by atoms with E-state index in [1.54, 1.807) is 0 Å². The highest BCUT2D eigenvalue weighted by molar-refractivity contribution is 5.60. The van der Waals surface area contributed by atoms with Crippen molar-refractivity contribution in [2.75, 3.05) is 19.7 Å². The number of aliphatic hydroxyl groups is 1. The fourth-order valence-electron chi connectivity index (χ4n) is 3.97. The Morgan fingerprint density at radius 2 is 2.17 bits per heavy atom. The molecule has 0 aromatic heterocycles. The standard InChI is InChI=1S/C15H27NO2/c1-12-4-3-6-15(8-12,11-18)10-16-7-5-13(2)14(16)9-17/h11-14,17H,3-10H2,1-2H3. The SMILES string of the molecule is CC1CCCC(C=O)(CN2CCC(C)C2CO)C1. The molecule has 0 bridgehead atoms. The molecule has 1 heterocycles. The summed E-state index contributed by atoms with van der Waals surface area (Å²) >= 11 is 0. The lowest BCUT2D eigenvalue weighted by molar-refractivity contribution is -0.120. The second-order valence-corrected chi connectivity index (χ2v) is 6.67. The van der Waals surface area contributed by atoms with E-state index in [0.717, 1.165) is 32.4 Å². The van der Waals surface area contributed by atoms with Crippen molar-refractivity contribution < 1.29 is 9.90 Å². The Morgan fingerprint density at radius 3 is 2.78 bits per heavy atom. The van der Waals surface area contributed by atoms with Crippen molar-refractivity contribution in [3.8, 4) is 0 Å². The molecular formula is C15H27NO2. The van der Waals surface area contributed by atoms with Gasteiger partial charge in [0.1, 0.15) is 6.29 Å². The number of rotatable bonds is 4. The molecule has 18 heavy (non-hydrogen) atoms. The monoisotopic (exact) mass is 253 g/mol. The topological polar surface area (TPSA) is 40.5 Å². The van der Waals surface area contributed by atoms with Crippen molar-refractivity contribution in [2.24, 2.45) is 17.3 Å². The highest BCUT2D eigenvalue weighted by Crippen LogP contribution is 2.40. The van der Waals surface area contributed by atoms with Crippen LogP contribution in [0.1, 0.15) is 46.0 Å². The van der Waals surface area contributed by atoms with Gasteiger partial charge in [-0.25, -0.2) is 0 Å². The summed E-state index contributed by atoms with van der Waals surface area (Å²) in [5.74, 6) is 1.22. The smallest absolute Gasteiger partial charge is 0.127 e. The van der Waals surface area contributed by atoms with E-state index in [-0.39, 0.29) is 18.1 Å². The molecule has 2 rings (SSSR count). The van der Waals surface area contributed by atoms with Crippen LogP contribution >= 0.6 is 0 Å². The van der Waals surface area contributed by atoms with Crippen LogP contribution in [0, 0.1) is 17.3 Å². The first-order valence-electron chi connectivity index (χ1n) is 7.41. The van der Waals surface area contributed by atoms with E-state index in [1.807, 2.05) is 0 Å². The fraction of sp³-hybridized carbons (Fsp3) is 0.933. The molecule has 0 spiro atoms. The molecule has 104 valence electrons. The van der Waals surface area contributed by atoms with Crippen LogP contribution in [0.25, 0.3) is 0 Å². The summed E-state index contributed by atoms with van der Waals surface area (Å²) in [5, 5.41) is 9.51. The number of aliphatic hydroxyl groups excluding tert-OH is 1. The molecule has 1 aliphatic carbocycles. The number of nitrogens with zero attached hydrogens (tertiary/aromatic N) is 1. The number of hydrogen-bond donors (Lipinski definition) is 1. The average Bonchev–Trinajstić information content (AvgIpc) is 2.69.